The Morgan fingerprint density at radius 1 is 0.880 bits per heavy atom. The number of aromatic nitrogens is 1. The highest BCUT2D eigenvalue weighted by Gasteiger charge is 2.12. The molecule has 124 valence electrons. The molecule has 0 N–H and O–H groups in total. The predicted molar refractivity (Wildman–Crippen MR) is 105 cm³/mol. The molecule has 0 saturated carbocycles. The van der Waals surface area contributed by atoms with Crippen molar-refractivity contribution in [2.45, 2.75) is 27.2 Å². The molecule has 1 heterocycles. The van der Waals surface area contributed by atoms with Crippen molar-refractivity contribution in [3.05, 3.63) is 83.8 Å². The first kappa shape index (κ1) is 16.9. The molecule has 3 rings (SSSR count). The number of hydrogen-bond acceptors (Lipinski definition) is 1. The van der Waals surface area contributed by atoms with Crippen LogP contribution in [0, 0.1) is 12.0 Å². The summed E-state index contributed by atoms with van der Waals surface area (Å²) in [4.78, 5) is 8.01. The van der Waals surface area contributed by atoms with Gasteiger partial charge in [-0.05, 0) is 46.7 Å². The molecule has 0 radical (unpaired) electrons. The molecule has 0 aliphatic carbocycles. The van der Waals surface area contributed by atoms with Crippen LogP contribution in [0.2, 0.25) is 0 Å². The summed E-state index contributed by atoms with van der Waals surface area (Å²) in [6.07, 6.45) is 2.92. The Morgan fingerprint density at radius 3 is 2.28 bits per heavy atom. The largest absolute Gasteiger partial charge is 0.256 e. The van der Waals surface area contributed by atoms with Crippen molar-refractivity contribution in [1.82, 2.24) is 4.98 Å². The molecule has 0 saturated heterocycles. The van der Waals surface area contributed by atoms with Crippen LogP contribution in [0.4, 0.5) is 5.69 Å². The third-order valence-electron chi connectivity index (χ3n) is 4.05. The monoisotopic (exact) mass is 326 g/mol. The topological polar surface area (TPSA) is 17.2 Å². The molecule has 0 fully saturated rings. The summed E-state index contributed by atoms with van der Waals surface area (Å²) >= 11 is 0. The molecule has 0 unspecified atom stereocenters. The molecule has 0 atom stereocenters. The van der Waals surface area contributed by atoms with E-state index in [1.54, 1.807) is 0 Å². The van der Waals surface area contributed by atoms with E-state index in [9.17, 15) is 0 Å². The maximum absolute atomic E-state index is 7.06. The average molecular weight is 326 g/mol. The minimum absolute atomic E-state index is 0.255. The maximum Gasteiger partial charge on any atom is 0.187 e. The molecule has 0 aliphatic heterocycles. The Kier molecular flexibility index (Phi) is 4.67. The van der Waals surface area contributed by atoms with Gasteiger partial charge >= 0.3 is 0 Å². The minimum atomic E-state index is 0.255. The van der Waals surface area contributed by atoms with E-state index >= 15 is 0 Å². The number of benzene rings is 2. The van der Waals surface area contributed by atoms with Crippen LogP contribution in [0.1, 0.15) is 26.3 Å². The molecule has 2 aromatic carbocycles. The molecule has 1 aromatic heterocycles. The zero-order valence-corrected chi connectivity index (χ0v) is 15.0. The number of nitrogens with zero attached hydrogens (tertiary/aromatic N) is 2. The summed E-state index contributed by atoms with van der Waals surface area (Å²) < 4.78 is 0. The van der Waals surface area contributed by atoms with Crippen LogP contribution in [0.3, 0.4) is 0 Å². The Bertz CT molecular complexity index is 910. The summed E-state index contributed by atoms with van der Waals surface area (Å²) in [5.41, 5.74) is 6.59. The Balaban J connectivity index is 1.93. The molecule has 0 amide bonds. The van der Waals surface area contributed by atoms with Gasteiger partial charge in [0.2, 0.25) is 0 Å². The Hall–Kier alpha value is -2.92. The molecule has 0 spiro atoms. The van der Waals surface area contributed by atoms with Gasteiger partial charge in [0.1, 0.15) is 0 Å². The van der Waals surface area contributed by atoms with Gasteiger partial charge in [0, 0.05) is 11.8 Å². The fraction of sp³-hybridized carbons (Fsp3) is 0.217. The van der Waals surface area contributed by atoms with Crippen molar-refractivity contribution < 1.29 is 0 Å². The van der Waals surface area contributed by atoms with Gasteiger partial charge in [-0.15, -0.1) is 0 Å². The fourth-order valence-electron chi connectivity index (χ4n) is 2.94. The number of pyridine rings is 1. The highest BCUT2D eigenvalue weighted by molar-refractivity contribution is 5.72. The van der Waals surface area contributed by atoms with Crippen LogP contribution < -0.4 is 0 Å². The van der Waals surface area contributed by atoms with Crippen molar-refractivity contribution in [2.75, 3.05) is 0 Å². The minimum Gasteiger partial charge on any atom is -0.256 e. The number of rotatable bonds is 3. The summed E-state index contributed by atoms with van der Waals surface area (Å²) in [7, 11) is 0. The first-order chi connectivity index (χ1) is 11.9. The second-order valence-electron chi connectivity index (χ2n) is 7.53. The van der Waals surface area contributed by atoms with E-state index in [4.69, 9.17) is 6.57 Å². The van der Waals surface area contributed by atoms with E-state index in [0.717, 1.165) is 28.8 Å². The first-order valence-electron chi connectivity index (χ1n) is 8.48. The predicted octanol–water partition coefficient (Wildman–Crippen LogP) is 6.55. The van der Waals surface area contributed by atoms with Gasteiger partial charge in [0.05, 0.1) is 12.3 Å². The van der Waals surface area contributed by atoms with E-state index in [-0.39, 0.29) is 5.41 Å². The molecule has 3 aromatic rings. The molecule has 0 bridgehead atoms. The highest BCUT2D eigenvalue weighted by atomic mass is 14.7. The van der Waals surface area contributed by atoms with Gasteiger partial charge < -0.3 is 0 Å². The quantitative estimate of drug-likeness (QED) is 0.498. The second-order valence-corrected chi connectivity index (χ2v) is 7.53. The van der Waals surface area contributed by atoms with Crippen LogP contribution >= 0.6 is 0 Å². The molecule has 2 heteroatoms. The average Bonchev–Trinajstić information content (AvgIpc) is 2.61. The molecule has 2 nitrogen and oxygen atoms in total. The van der Waals surface area contributed by atoms with E-state index in [1.165, 1.54) is 5.56 Å². The third-order valence-corrected chi connectivity index (χ3v) is 4.05. The highest BCUT2D eigenvalue weighted by Crippen LogP contribution is 2.28. The standard InChI is InChI=1S/C23H22N2/c1-23(2,3)16-17-12-13-25-22(14-17)20-7-5-6-19(15-20)18-8-10-21(24-4)11-9-18/h5-15H,16H2,1-3H3. The molecular formula is C23H22N2. The lowest BCUT2D eigenvalue weighted by molar-refractivity contribution is 0.411. The Morgan fingerprint density at radius 2 is 1.60 bits per heavy atom. The zero-order valence-electron chi connectivity index (χ0n) is 15.0. The van der Waals surface area contributed by atoms with E-state index in [1.807, 2.05) is 30.5 Å². The van der Waals surface area contributed by atoms with Gasteiger partial charge in [-0.1, -0.05) is 63.2 Å². The van der Waals surface area contributed by atoms with Crippen molar-refractivity contribution in [2.24, 2.45) is 5.41 Å². The van der Waals surface area contributed by atoms with Crippen LogP contribution in [0.5, 0.6) is 0 Å². The van der Waals surface area contributed by atoms with Crippen LogP contribution in [-0.4, -0.2) is 4.98 Å². The van der Waals surface area contributed by atoms with Crippen molar-refractivity contribution >= 4 is 5.69 Å². The lowest BCUT2D eigenvalue weighted by Crippen LogP contribution is -2.09. The SMILES string of the molecule is [C-]#[N+]c1ccc(-c2cccc(-c3cc(CC(C)(C)C)ccn3)c2)cc1. The maximum atomic E-state index is 7.06. The van der Waals surface area contributed by atoms with Crippen LogP contribution in [0.25, 0.3) is 27.2 Å². The van der Waals surface area contributed by atoms with E-state index < -0.39 is 0 Å². The van der Waals surface area contributed by atoms with Crippen molar-refractivity contribution in [1.29, 1.82) is 0 Å². The first-order valence-corrected chi connectivity index (χ1v) is 8.48. The van der Waals surface area contributed by atoms with Gasteiger partial charge in [-0.3, -0.25) is 4.98 Å². The van der Waals surface area contributed by atoms with Gasteiger partial charge in [0.25, 0.3) is 0 Å². The molecule has 25 heavy (non-hydrogen) atoms. The summed E-state index contributed by atoms with van der Waals surface area (Å²) in [6, 6.07) is 20.4. The summed E-state index contributed by atoms with van der Waals surface area (Å²) in [6.45, 7) is 13.8. The van der Waals surface area contributed by atoms with E-state index in [2.05, 4.69) is 67.0 Å². The fourth-order valence-corrected chi connectivity index (χ4v) is 2.94. The molecular weight excluding hydrogens is 304 g/mol. The van der Waals surface area contributed by atoms with Gasteiger partial charge in [0.15, 0.2) is 5.69 Å². The Labute approximate surface area is 150 Å². The summed E-state index contributed by atoms with van der Waals surface area (Å²) in [5, 5.41) is 0. The van der Waals surface area contributed by atoms with E-state index in [0.29, 0.717) is 5.69 Å². The second kappa shape index (κ2) is 6.91. The smallest absolute Gasteiger partial charge is 0.187 e. The third kappa shape index (κ3) is 4.33. The zero-order chi connectivity index (χ0) is 17.9. The van der Waals surface area contributed by atoms with Crippen LogP contribution in [0.15, 0.2) is 66.9 Å². The van der Waals surface area contributed by atoms with Gasteiger partial charge in [-0.25, -0.2) is 4.85 Å². The number of hydrogen-bond donors (Lipinski definition) is 0. The van der Waals surface area contributed by atoms with Crippen molar-refractivity contribution in [3.63, 3.8) is 0 Å². The lowest BCUT2D eigenvalue weighted by atomic mass is 9.88. The van der Waals surface area contributed by atoms with Crippen molar-refractivity contribution in [3.8, 4) is 22.4 Å². The lowest BCUT2D eigenvalue weighted by Gasteiger charge is -2.18. The molecule has 0 aliphatic rings. The van der Waals surface area contributed by atoms with Gasteiger partial charge in [-0.2, -0.15) is 0 Å². The summed E-state index contributed by atoms with van der Waals surface area (Å²) in [5.74, 6) is 0. The van der Waals surface area contributed by atoms with Crippen LogP contribution in [-0.2, 0) is 6.42 Å². The normalized spacial score (nSPS) is 11.1.